The molecule has 92 valence electrons. The number of hydrogen-bond acceptors (Lipinski definition) is 5. The number of hydrogen-bond donors (Lipinski definition) is 1. The van der Waals surface area contributed by atoms with Gasteiger partial charge < -0.3 is 5.73 Å². The summed E-state index contributed by atoms with van der Waals surface area (Å²) in [5, 5.41) is 21.7. The molecule has 1 rings (SSSR count). The molecule has 0 amide bonds. The second-order valence-electron chi connectivity index (χ2n) is 3.62. The fourth-order valence-corrected chi connectivity index (χ4v) is 1.63. The smallest absolute Gasteiger partial charge is 0.302 e. The van der Waals surface area contributed by atoms with Crippen molar-refractivity contribution in [2.45, 2.75) is 26.2 Å². The standard InChI is InChI=1S/C10H13N3O4/c1-2-3-4-7-9(12(14)15)6-5-8(11)10(7)13(16)17/h5-6H,2-4,11H2,1H3. The summed E-state index contributed by atoms with van der Waals surface area (Å²) in [5.41, 5.74) is 5.00. The van der Waals surface area contributed by atoms with Crippen molar-refractivity contribution in [2.24, 2.45) is 0 Å². The van der Waals surface area contributed by atoms with Gasteiger partial charge in [-0.25, -0.2) is 0 Å². The summed E-state index contributed by atoms with van der Waals surface area (Å²) >= 11 is 0. The number of nitro groups is 2. The highest BCUT2D eigenvalue weighted by atomic mass is 16.6. The van der Waals surface area contributed by atoms with Crippen molar-refractivity contribution in [2.75, 3.05) is 5.73 Å². The molecule has 0 bridgehead atoms. The normalized spacial score (nSPS) is 10.2. The van der Waals surface area contributed by atoms with Gasteiger partial charge in [0.15, 0.2) is 0 Å². The van der Waals surface area contributed by atoms with Gasteiger partial charge in [0.05, 0.1) is 9.85 Å². The third-order valence-electron chi connectivity index (χ3n) is 2.45. The summed E-state index contributed by atoms with van der Waals surface area (Å²) in [6, 6.07) is 2.42. The molecule has 0 atom stereocenters. The first-order valence-corrected chi connectivity index (χ1v) is 5.19. The molecule has 0 aliphatic carbocycles. The van der Waals surface area contributed by atoms with E-state index in [0.29, 0.717) is 6.42 Å². The van der Waals surface area contributed by atoms with Crippen LogP contribution >= 0.6 is 0 Å². The molecule has 0 aliphatic heterocycles. The van der Waals surface area contributed by atoms with Crippen LogP contribution in [-0.4, -0.2) is 9.85 Å². The average Bonchev–Trinajstić information content (AvgIpc) is 2.25. The predicted octanol–water partition coefficient (Wildman–Crippen LogP) is 2.43. The van der Waals surface area contributed by atoms with Gasteiger partial charge in [0.25, 0.3) is 5.69 Å². The van der Waals surface area contributed by atoms with Gasteiger partial charge in [0.2, 0.25) is 0 Å². The van der Waals surface area contributed by atoms with Crippen LogP contribution in [0.2, 0.25) is 0 Å². The molecule has 0 fully saturated rings. The van der Waals surface area contributed by atoms with Crippen molar-refractivity contribution in [3.8, 4) is 0 Å². The number of nitrogens with two attached hydrogens (primary N) is 1. The van der Waals surface area contributed by atoms with Gasteiger partial charge in [-0.2, -0.15) is 0 Å². The molecule has 0 aromatic heterocycles. The number of nitrogens with zero attached hydrogens (tertiary/aromatic N) is 2. The zero-order chi connectivity index (χ0) is 13.0. The summed E-state index contributed by atoms with van der Waals surface area (Å²) in [6.45, 7) is 1.91. The number of nitro benzene ring substituents is 2. The number of unbranched alkanes of at least 4 members (excludes halogenated alkanes) is 1. The summed E-state index contributed by atoms with van der Waals surface area (Å²) < 4.78 is 0. The third kappa shape index (κ3) is 2.68. The van der Waals surface area contributed by atoms with Crippen LogP contribution in [0.1, 0.15) is 25.3 Å². The minimum Gasteiger partial charge on any atom is -0.393 e. The van der Waals surface area contributed by atoms with E-state index in [2.05, 4.69) is 0 Å². The highest BCUT2D eigenvalue weighted by Crippen LogP contribution is 2.34. The Morgan fingerprint density at radius 1 is 1.24 bits per heavy atom. The lowest BCUT2D eigenvalue weighted by molar-refractivity contribution is -0.395. The van der Waals surface area contributed by atoms with Crippen LogP contribution in [0, 0.1) is 20.2 Å². The van der Waals surface area contributed by atoms with E-state index < -0.39 is 9.85 Å². The number of nitrogen functional groups attached to an aromatic ring is 1. The van der Waals surface area contributed by atoms with E-state index in [-0.39, 0.29) is 29.0 Å². The van der Waals surface area contributed by atoms with Crippen molar-refractivity contribution in [1.29, 1.82) is 0 Å². The van der Waals surface area contributed by atoms with E-state index in [9.17, 15) is 20.2 Å². The van der Waals surface area contributed by atoms with Gasteiger partial charge in [0, 0.05) is 6.07 Å². The van der Waals surface area contributed by atoms with Gasteiger partial charge in [-0.3, -0.25) is 20.2 Å². The Hall–Kier alpha value is -2.18. The van der Waals surface area contributed by atoms with Gasteiger partial charge in [-0.05, 0) is 18.9 Å². The first-order valence-electron chi connectivity index (χ1n) is 5.19. The Bertz CT molecular complexity index is 459. The van der Waals surface area contributed by atoms with Crippen molar-refractivity contribution >= 4 is 17.1 Å². The lowest BCUT2D eigenvalue weighted by atomic mass is 10.0. The van der Waals surface area contributed by atoms with Crippen LogP contribution in [0.15, 0.2) is 12.1 Å². The molecule has 0 unspecified atom stereocenters. The second-order valence-corrected chi connectivity index (χ2v) is 3.62. The Labute approximate surface area is 97.5 Å². The summed E-state index contributed by atoms with van der Waals surface area (Å²) in [4.78, 5) is 20.4. The summed E-state index contributed by atoms with van der Waals surface area (Å²) in [6.07, 6.45) is 1.72. The average molecular weight is 239 g/mol. The molecule has 17 heavy (non-hydrogen) atoms. The lowest BCUT2D eigenvalue weighted by Gasteiger charge is -2.05. The van der Waals surface area contributed by atoms with Crippen molar-refractivity contribution in [1.82, 2.24) is 0 Å². The van der Waals surface area contributed by atoms with Crippen LogP contribution in [0.3, 0.4) is 0 Å². The van der Waals surface area contributed by atoms with Crippen LogP contribution in [0.25, 0.3) is 0 Å². The predicted molar refractivity (Wildman–Crippen MR) is 62.8 cm³/mol. The molecule has 0 spiro atoms. The van der Waals surface area contributed by atoms with Crippen LogP contribution in [-0.2, 0) is 6.42 Å². The van der Waals surface area contributed by atoms with Gasteiger partial charge in [-0.15, -0.1) is 0 Å². The van der Waals surface area contributed by atoms with Crippen LogP contribution < -0.4 is 5.73 Å². The molecule has 2 N–H and O–H groups in total. The SMILES string of the molecule is CCCCc1c([N+](=O)[O-])ccc(N)c1[N+](=O)[O-]. The van der Waals surface area contributed by atoms with E-state index in [1.165, 1.54) is 12.1 Å². The number of benzene rings is 1. The molecule has 0 heterocycles. The Kier molecular flexibility index (Phi) is 3.97. The molecule has 0 aliphatic rings. The van der Waals surface area contributed by atoms with E-state index in [0.717, 1.165) is 6.42 Å². The fourth-order valence-electron chi connectivity index (χ4n) is 1.63. The number of rotatable bonds is 5. The topological polar surface area (TPSA) is 112 Å². The van der Waals surface area contributed by atoms with E-state index >= 15 is 0 Å². The van der Waals surface area contributed by atoms with Crippen molar-refractivity contribution in [3.63, 3.8) is 0 Å². The first kappa shape index (κ1) is 12.9. The molecule has 7 nitrogen and oxygen atoms in total. The maximum atomic E-state index is 10.9. The summed E-state index contributed by atoms with van der Waals surface area (Å²) in [7, 11) is 0. The minimum atomic E-state index is -0.659. The maximum Gasteiger partial charge on any atom is 0.302 e. The van der Waals surface area contributed by atoms with Gasteiger partial charge in [0.1, 0.15) is 11.3 Å². The zero-order valence-corrected chi connectivity index (χ0v) is 9.38. The molecule has 1 aromatic carbocycles. The highest BCUT2D eigenvalue weighted by Gasteiger charge is 2.26. The maximum absolute atomic E-state index is 10.9. The van der Waals surface area contributed by atoms with E-state index in [1.54, 1.807) is 0 Å². The second kappa shape index (κ2) is 5.24. The third-order valence-corrected chi connectivity index (χ3v) is 2.45. The van der Waals surface area contributed by atoms with Gasteiger partial charge in [-0.1, -0.05) is 13.3 Å². The monoisotopic (exact) mass is 239 g/mol. The molecular weight excluding hydrogens is 226 g/mol. The molecule has 0 saturated heterocycles. The van der Waals surface area contributed by atoms with Crippen molar-refractivity contribution in [3.05, 3.63) is 37.9 Å². The van der Waals surface area contributed by atoms with Crippen molar-refractivity contribution < 1.29 is 9.85 Å². The molecular formula is C10H13N3O4. The number of anilines is 1. The molecule has 0 radical (unpaired) electrons. The molecule has 1 aromatic rings. The van der Waals surface area contributed by atoms with Crippen LogP contribution in [0.5, 0.6) is 0 Å². The van der Waals surface area contributed by atoms with Gasteiger partial charge >= 0.3 is 5.69 Å². The Morgan fingerprint density at radius 3 is 2.35 bits per heavy atom. The lowest BCUT2D eigenvalue weighted by Crippen LogP contribution is -2.04. The first-order chi connectivity index (χ1) is 7.99. The fraction of sp³-hybridized carbons (Fsp3) is 0.400. The minimum absolute atomic E-state index is 0.0355. The quantitative estimate of drug-likeness (QED) is 0.481. The van der Waals surface area contributed by atoms with E-state index in [4.69, 9.17) is 5.73 Å². The summed E-state index contributed by atoms with van der Waals surface area (Å²) in [5.74, 6) is 0. The molecule has 0 saturated carbocycles. The van der Waals surface area contributed by atoms with E-state index in [1.807, 2.05) is 6.92 Å². The van der Waals surface area contributed by atoms with Crippen LogP contribution in [0.4, 0.5) is 17.1 Å². The molecule has 7 heteroatoms. The highest BCUT2D eigenvalue weighted by molar-refractivity contribution is 5.68. The largest absolute Gasteiger partial charge is 0.393 e. The Balaban J connectivity index is 3.38. The Morgan fingerprint density at radius 2 is 1.88 bits per heavy atom. The zero-order valence-electron chi connectivity index (χ0n) is 9.38.